The van der Waals surface area contributed by atoms with E-state index in [1.807, 2.05) is 0 Å². The molecule has 0 saturated carbocycles. The maximum atomic E-state index is 12.8. The van der Waals surface area contributed by atoms with Crippen LogP contribution in [0.15, 0.2) is 41.3 Å². The summed E-state index contributed by atoms with van der Waals surface area (Å²) < 4.78 is 31.5. The monoisotopic (exact) mass is 416 g/mol. The second-order valence-electron chi connectivity index (χ2n) is 5.56. The lowest BCUT2D eigenvalue weighted by Gasteiger charge is -2.19. The van der Waals surface area contributed by atoms with Crippen molar-refractivity contribution in [2.45, 2.75) is 11.8 Å². The molecule has 1 N–H and O–H groups in total. The predicted octanol–water partition coefficient (Wildman–Crippen LogP) is 3.57. The van der Waals surface area contributed by atoms with Gasteiger partial charge in [-0.1, -0.05) is 23.2 Å². The van der Waals surface area contributed by atoms with E-state index in [-0.39, 0.29) is 22.2 Å². The zero-order chi connectivity index (χ0) is 19.5. The molecule has 0 bridgehead atoms. The lowest BCUT2D eigenvalue weighted by molar-refractivity contribution is -0.116. The number of nitrogens with zero attached hydrogens (tertiary/aromatic N) is 1. The molecule has 26 heavy (non-hydrogen) atoms. The van der Waals surface area contributed by atoms with Gasteiger partial charge in [-0.2, -0.15) is 4.31 Å². The number of methoxy groups -OCH3 is 1. The highest BCUT2D eigenvalue weighted by molar-refractivity contribution is 7.89. The third-order valence-corrected chi connectivity index (χ3v) is 5.94. The summed E-state index contributed by atoms with van der Waals surface area (Å²) in [6.45, 7) is 1.42. The summed E-state index contributed by atoms with van der Waals surface area (Å²) >= 11 is 11.8. The van der Waals surface area contributed by atoms with Crippen molar-refractivity contribution in [3.8, 4) is 5.75 Å². The molecule has 0 fully saturated rings. The van der Waals surface area contributed by atoms with Crippen molar-refractivity contribution in [1.29, 1.82) is 0 Å². The molecule has 0 saturated heterocycles. The summed E-state index contributed by atoms with van der Waals surface area (Å²) in [6, 6.07) is 9.27. The highest BCUT2D eigenvalue weighted by atomic mass is 35.5. The van der Waals surface area contributed by atoms with Crippen LogP contribution in [-0.2, 0) is 14.8 Å². The first-order valence-electron chi connectivity index (χ1n) is 7.51. The van der Waals surface area contributed by atoms with Crippen molar-refractivity contribution in [3.63, 3.8) is 0 Å². The Morgan fingerprint density at radius 3 is 2.38 bits per heavy atom. The van der Waals surface area contributed by atoms with Crippen LogP contribution in [0.4, 0.5) is 5.69 Å². The van der Waals surface area contributed by atoms with Crippen LogP contribution in [0.2, 0.25) is 10.0 Å². The van der Waals surface area contributed by atoms with Crippen molar-refractivity contribution in [2.75, 3.05) is 26.0 Å². The standard InChI is InChI=1S/C17H18Cl2N2O4S/c1-11-8-12(18)4-6-14(11)20-17(22)10-21(2)26(23,24)16-9-13(19)5-7-15(16)25-3/h4-9H,10H2,1-3H3,(H,20,22). The number of anilines is 1. The number of benzene rings is 2. The average molecular weight is 417 g/mol. The van der Waals surface area contributed by atoms with Gasteiger partial charge in [0.05, 0.1) is 13.7 Å². The first-order chi connectivity index (χ1) is 12.1. The molecular weight excluding hydrogens is 399 g/mol. The lowest BCUT2D eigenvalue weighted by atomic mass is 10.2. The Balaban J connectivity index is 2.19. The summed E-state index contributed by atoms with van der Waals surface area (Å²) in [4.78, 5) is 12.1. The van der Waals surface area contributed by atoms with E-state index in [0.717, 1.165) is 9.87 Å². The Bertz CT molecular complexity index is 932. The smallest absolute Gasteiger partial charge is 0.247 e. The van der Waals surface area contributed by atoms with Gasteiger partial charge in [-0.15, -0.1) is 0 Å². The number of sulfonamides is 1. The molecular formula is C17H18Cl2N2O4S. The van der Waals surface area contributed by atoms with Crippen molar-refractivity contribution >= 4 is 44.8 Å². The molecule has 2 rings (SSSR count). The molecule has 140 valence electrons. The number of rotatable bonds is 6. The van der Waals surface area contributed by atoms with Gasteiger partial charge in [0.25, 0.3) is 0 Å². The first-order valence-corrected chi connectivity index (χ1v) is 9.70. The van der Waals surface area contributed by atoms with Gasteiger partial charge in [0, 0.05) is 22.8 Å². The number of carbonyl (C=O) groups excluding carboxylic acids is 1. The van der Waals surface area contributed by atoms with Crippen molar-refractivity contribution in [2.24, 2.45) is 0 Å². The van der Waals surface area contributed by atoms with Crippen LogP contribution in [-0.4, -0.2) is 39.3 Å². The summed E-state index contributed by atoms with van der Waals surface area (Å²) in [7, 11) is -1.30. The third kappa shape index (κ3) is 4.67. The van der Waals surface area contributed by atoms with E-state index in [1.165, 1.54) is 32.4 Å². The summed E-state index contributed by atoms with van der Waals surface area (Å²) in [5.41, 5.74) is 1.33. The quantitative estimate of drug-likeness (QED) is 0.780. The molecule has 1 amide bonds. The average Bonchev–Trinajstić information content (AvgIpc) is 2.57. The molecule has 2 aromatic carbocycles. The van der Waals surface area contributed by atoms with E-state index in [0.29, 0.717) is 10.7 Å². The van der Waals surface area contributed by atoms with E-state index in [9.17, 15) is 13.2 Å². The fourth-order valence-corrected chi connectivity index (χ4v) is 4.03. The lowest BCUT2D eigenvalue weighted by Crippen LogP contribution is -2.35. The van der Waals surface area contributed by atoms with E-state index in [2.05, 4.69) is 5.32 Å². The topological polar surface area (TPSA) is 75.7 Å². The fourth-order valence-electron chi connectivity index (χ4n) is 2.26. The Labute approximate surface area is 162 Å². The van der Waals surface area contributed by atoms with Crippen LogP contribution in [0, 0.1) is 6.92 Å². The van der Waals surface area contributed by atoms with Gasteiger partial charge >= 0.3 is 0 Å². The Kier molecular flexibility index (Phi) is 6.52. The van der Waals surface area contributed by atoms with E-state index >= 15 is 0 Å². The van der Waals surface area contributed by atoms with Gasteiger partial charge in [-0.3, -0.25) is 4.79 Å². The molecule has 0 radical (unpaired) electrons. The van der Waals surface area contributed by atoms with Crippen LogP contribution >= 0.6 is 23.2 Å². The molecule has 2 aromatic rings. The number of nitrogens with one attached hydrogen (secondary N) is 1. The van der Waals surface area contributed by atoms with E-state index in [4.69, 9.17) is 27.9 Å². The van der Waals surface area contributed by atoms with Crippen LogP contribution in [0.1, 0.15) is 5.56 Å². The molecule has 0 aliphatic heterocycles. The summed E-state index contributed by atoms with van der Waals surface area (Å²) in [5.74, 6) is -0.335. The van der Waals surface area contributed by atoms with Gasteiger partial charge in [0.1, 0.15) is 10.6 Å². The molecule has 9 heteroatoms. The van der Waals surface area contributed by atoms with Crippen LogP contribution in [0.3, 0.4) is 0 Å². The number of ether oxygens (including phenoxy) is 1. The second-order valence-corrected chi connectivity index (χ2v) is 8.45. The summed E-state index contributed by atoms with van der Waals surface area (Å²) in [6.07, 6.45) is 0. The van der Waals surface area contributed by atoms with Gasteiger partial charge in [0.2, 0.25) is 15.9 Å². The molecule has 0 unspecified atom stereocenters. The Hall–Kier alpha value is -1.80. The number of aryl methyl sites for hydroxylation is 1. The molecule has 0 heterocycles. The molecule has 0 aliphatic carbocycles. The summed E-state index contributed by atoms with van der Waals surface area (Å²) in [5, 5.41) is 3.47. The highest BCUT2D eigenvalue weighted by Gasteiger charge is 2.27. The largest absolute Gasteiger partial charge is 0.495 e. The fraction of sp³-hybridized carbons (Fsp3) is 0.235. The van der Waals surface area contributed by atoms with E-state index < -0.39 is 15.9 Å². The van der Waals surface area contributed by atoms with Crippen molar-refractivity contribution < 1.29 is 17.9 Å². The van der Waals surface area contributed by atoms with Crippen molar-refractivity contribution in [3.05, 3.63) is 52.0 Å². The third-order valence-electron chi connectivity index (χ3n) is 3.64. The molecule has 0 aromatic heterocycles. The van der Waals surface area contributed by atoms with Gasteiger partial charge in [-0.25, -0.2) is 8.42 Å². The maximum Gasteiger partial charge on any atom is 0.247 e. The number of likely N-dealkylation sites (N-methyl/N-ethyl adjacent to an activating group) is 1. The number of halogens is 2. The maximum absolute atomic E-state index is 12.8. The Morgan fingerprint density at radius 1 is 1.15 bits per heavy atom. The number of carbonyl (C=O) groups is 1. The van der Waals surface area contributed by atoms with Crippen LogP contribution < -0.4 is 10.1 Å². The Morgan fingerprint density at radius 2 is 1.77 bits per heavy atom. The molecule has 0 atom stereocenters. The molecule has 0 spiro atoms. The minimum Gasteiger partial charge on any atom is -0.495 e. The van der Waals surface area contributed by atoms with Gasteiger partial charge in [-0.05, 0) is 48.9 Å². The van der Waals surface area contributed by atoms with Crippen LogP contribution in [0.5, 0.6) is 5.75 Å². The number of hydrogen-bond donors (Lipinski definition) is 1. The second kappa shape index (κ2) is 8.26. The number of hydrogen-bond acceptors (Lipinski definition) is 4. The van der Waals surface area contributed by atoms with Crippen LogP contribution in [0.25, 0.3) is 0 Å². The SMILES string of the molecule is COc1ccc(Cl)cc1S(=O)(=O)N(C)CC(=O)Nc1ccc(Cl)cc1C. The zero-order valence-corrected chi connectivity index (χ0v) is 16.7. The molecule has 6 nitrogen and oxygen atoms in total. The molecule has 0 aliphatic rings. The first kappa shape index (κ1) is 20.5. The van der Waals surface area contributed by atoms with Gasteiger partial charge in [0.15, 0.2) is 0 Å². The zero-order valence-electron chi connectivity index (χ0n) is 14.4. The predicted molar refractivity (Wildman–Crippen MR) is 103 cm³/mol. The normalized spacial score (nSPS) is 11.5. The number of amides is 1. The van der Waals surface area contributed by atoms with E-state index in [1.54, 1.807) is 25.1 Å². The van der Waals surface area contributed by atoms with Gasteiger partial charge < -0.3 is 10.1 Å². The van der Waals surface area contributed by atoms with Crippen molar-refractivity contribution in [1.82, 2.24) is 4.31 Å². The minimum atomic E-state index is -3.97. The minimum absolute atomic E-state index is 0.106. The highest BCUT2D eigenvalue weighted by Crippen LogP contribution is 2.29.